The first-order chi connectivity index (χ1) is 11.0. The van der Waals surface area contributed by atoms with Crippen LogP contribution >= 0.6 is 0 Å². The lowest BCUT2D eigenvalue weighted by Crippen LogP contribution is -2.48. The summed E-state index contributed by atoms with van der Waals surface area (Å²) in [5.41, 5.74) is 7.01. The quantitative estimate of drug-likeness (QED) is 0.502. The van der Waals surface area contributed by atoms with Crippen LogP contribution in [-0.2, 0) is 16.0 Å². The Morgan fingerprint density at radius 1 is 1.26 bits per heavy atom. The van der Waals surface area contributed by atoms with Crippen molar-refractivity contribution in [3.63, 3.8) is 0 Å². The van der Waals surface area contributed by atoms with E-state index in [9.17, 15) is 14.4 Å². The monoisotopic (exact) mass is 318 g/mol. The molecule has 2 rings (SSSR count). The molecule has 0 unspecified atom stereocenters. The van der Waals surface area contributed by atoms with E-state index < -0.39 is 30.4 Å². The van der Waals surface area contributed by atoms with Crippen LogP contribution in [0.4, 0.5) is 4.79 Å². The highest BCUT2D eigenvalue weighted by atomic mass is 16.4. The molecule has 1 heterocycles. The normalized spacial score (nSPS) is 11.8. The molecule has 0 bridgehead atoms. The van der Waals surface area contributed by atoms with Crippen LogP contribution in [0, 0.1) is 0 Å². The van der Waals surface area contributed by atoms with Crippen molar-refractivity contribution in [2.75, 3.05) is 6.54 Å². The number of para-hydroxylation sites is 1. The van der Waals surface area contributed by atoms with Gasteiger partial charge in [0, 0.05) is 23.6 Å². The molecule has 23 heavy (non-hydrogen) atoms. The molecule has 0 fully saturated rings. The van der Waals surface area contributed by atoms with Gasteiger partial charge in [-0.15, -0.1) is 0 Å². The fraction of sp³-hybridized carbons (Fsp3) is 0.267. The van der Waals surface area contributed by atoms with Crippen molar-refractivity contribution < 1.29 is 19.5 Å². The first kappa shape index (κ1) is 16.3. The number of H-pyrrole nitrogens is 1. The Bertz CT molecular complexity index is 725. The number of aromatic nitrogens is 1. The molecule has 8 nitrogen and oxygen atoms in total. The Kier molecular flexibility index (Phi) is 5.19. The van der Waals surface area contributed by atoms with E-state index in [1.807, 2.05) is 30.5 Å². The molecule has 1 aromatic carbocycles. The molecule has 0 spiro atoms. The largest absolute Gasteiger partial charge is 0.480 e. The van der Waals surface area contributed by atoms with E-state index in [1.54, 1.807) is 0 Å². The minimum absolute atomic E-state index is 0.330. The summed E-state index contributed by atoms with van der Waals surface area (Å²) >= 11 is 0. The number of hydrogen-bond donors (Lipinski definition) is 5. The molecule has 0 aliphatic carbocycles. The molecular formula is C15H18N4O4. The number of hydrogen-bond acceptors (Lipinski definition) is 3. The first-order valence-corrected chi connectivity index (χ1v) is 7.08. The maximum Gasteiger partial charge on any atom is 0.326 e. The van der Waals surface area contributed by atoms with Crippen LogP contribution in [0.5, 0.6) is 0 Å². The van der Waals surface area contributed by atoms with Gasteiger partial charge >= 0.3 is 12.0 Å². The Morgan fingerprint density at radius 3 is 2.70 bits per heavy atom. The van der Waals surface area contributed by atoms with Crippen molar-refractivity contribution in [3.8, 4) is 0 Å². The summed E-state index contributed by atoms with van der Waals surface area (Å²) in [6.07, 6.45) is 2.01. The number of urea groups is 1. The fourth-order valence-electron chi connectivity index (χ4n) is 2.26. The van der Waals surface area contributed by atoms with Crippen molar-refractivity contribution in [2.45, 2.75) is 18.9 Å². The fourth-order valence-corrected chi connectivity index (χ4v) is 2.26. The molecule has 122 valence electrons. The third kappa shape index (κ3) is 4.47. The molecule has 0 aliphatic heterocycles. The number of rotatable bonds is 7. The number of carboxylic acids is 1. The number of carboxylic acid groups (broad SMARTS) is 1. The van der Waals surface area contributed by atoms with Gasteiger partial charge in [-0.1, -0.05) is 18.2 Å². The van der Waals surface area contributed by atoms with Gasteiger partial charge in [0.05, 0.1) is 6.42 Å². The molecule has 0 saturated heterocycles. The van der Waals surface area contributed by atoms with Gasteiger partial charge in [0.2, 0.25) is 5.91 Å². The molecule has 1 atom stereocenters. The van der Waals surface area contributed by atoms with Gasteiger partial charge in [0.15, 0.2) is 0 Å². The molecule has 0 aliphatic rings. The zero-order chi connectivity index (χ0) is 16.8. The van der Waals surface area contributed by atoms with Crippen molar-refractivity contribution in [2.24, 2.45) is 5.73 Å². The number of carbonyl (C=O) groups excluding carboxylic acids is 2. The van der Waals surface area contributed by atoms with Gasteiger partial charge in [-0.3, -0.25) is 4.79 Å². The van der Waals surface area contributed by atoms with Crippen LogP contribution in [0.25, 0.3) is 10.9 Å². The van der Waals surface area contributed by atoms with Crippen LogP contribution in [0.2, 0.25) is 0 Å². The molecule has 0 radical (unpaired) electrons. The predicted molar refractivity (Wildman–Crippen MR) is 83.8 cm³/mol. The molecule has 6 N–H and O–H groups in total. The molecular weight excluding hydrogens is 300 g/mol. The molecule has 2 aromatic rings. The molecule has 1 aromatic heterocycles. The van der Waals surface area contributed by atoms with Crippen molar-refractivity contribution in [1.29, 1.82) is 0 Å². The van der Waals surface area contributed by atoms with E-state index in [1.165, 1.54) is 0 Å². The van der Waals surface area contributed by atoms with Crippen LogP contribution in [0.3, 0.4) is 0 Å². The average Bonchev–Trinajstić information content (AvgIpc) is 2.89. The lowest BCUT2D eigenvalue weighted by molar-refractivity contribution is -0.140. The lowest BCUT2D eigenvalue weighted by atomic mass is 10.1. The first-order valence-electron chi connectivity index (χ1n) is 7.08. The number of aromatic amines is 1. The average molecular weight is 318 g/mol. The van der Waals surface area contributed by atoms with E-state index in [4.69, 9.17) is 10.8 Å². The highest BCUT2D eigenvalue weighted by Gasteiger charge is 2.21. The van der Waals surface area contributed by atoms with Gasteiger partial charge < -0.3 is 26.5 Å². The van der Waals surface area contributed by atoms with E-state index in [0.717, 1.165) is 16.5 Å². The van der Waals surface area contributed by atoms with E-state index >= 15 is 0 Å². The summed E-state index contributed by atoms with van der Waals surface area (Å²) in [5.74, 6) is -2.10. The van der Waals surface area contributed by atoms with Crippen LogP contribution < -0.4 is 16.4 Å². The number of fused-ring (bicyclic) bond motifs is 1. The molecule has 3 amide bonds. The second-order valence-electron chi connectivity index (χ2n) is 5.07. The van der Waals surface area contributed by atoms with Crippen molar-refractivity contribution in [3.05, 3.63) is 36.0 Å². The van der Waals surface area contributed by atoms with E-state index in [2.05, 4.69) is 15.6 Å². The van der Waals surface area contributed by atoms with Gasteiger partial charge in [-0.2, -0.15) is 0 Å². The van der Waals surface area contributed by atoms with E-state index in [-0.39, 0.29) is 0 Å². The zero-order valence-corrected chi connectivity index (χ0v) is 12.3. The highest BCUT2D eigenvalue weighted by Crippen LogP contribution is 2.17. The third-order valence-corrected chi connectivity index (χ3v) is 3.36. The second kappa shape index (κ2) is 7.30. The minimum Gasteiger partial charge on any atom is -0.480 e. The number of benzene rings is 1. The van der Waals surface area contributed by atoms with Crippen LogP contribution in [0.1, 0.15) is 12.0 Å². The third-order valence-electron chi connectivity index (χ3n) is 3.36. The Morgan fingerprint density at radius 2 is 2.00 bits per heavy atom. The maximum absolute atomic E-state index is 11.7. The Balaban J connectivity index is 1.84. The van der Waals surface area contributed by atoms with Crippen molar-refractivity contribution in [1.82, 2.24) is 15.6 Å². The summed E-state index contributed by atoms with van der Waals surface area (Å²) in [6.45, 7) is 0.330. The van der Waals surface area contributed by atoms with Crippen LogP contribution in [0.15, 0.2) is 30.5 Å². The number of nitrogens with two attached hydrogens (primary N) is 1. The van der Waals surface area contributed by atoms with E-state index in [0.29, 0.717) is 13.0 Å². The summed E-state index contributed by atoms with van der Waals surface area (Å²) < 4.78 is 0. The Labute approximate surface area is 132 Å². The van der Waals surface area contributed by atoms with Crippen molar-refractivity contribution >= 4 is 28.8 Å². The molecule has 0 saturated carbocycles. The second-order valence-corrected chi connectivity index (χ2v) is 5.07. The molecule has 8 heteroatoms. The Hall–Kier alpha value is -3.03. The summed E-state index contributed by atoms with van der Waals surface area (Å²) in [5, 5.41) is 14.8. The highest BCUT2D eigenvalue weighted by molar-refractivity contribution is 5.87. The summed E-state index contributed by atoms with van der Waals surface area (Å²) in [7, 11) is 0. The number of primary amides is 1. The summed E-state index contributed by atoms with van der Waals surface area (Å²) in [4.78, 5) is 36.5. The zero-order valence-electron chi connectivity index (χ0n) is 12.3. The summed E-state index contributed by atoms with van der Waals surface area (Å²) in [6, 6.07) is 5.81. The number of nitrogens with one attached hydrogen (secondary N) is 3. The van der Waals surface area contributed by atoms with Gasteiger partial charge in [0.1, 0.15) is 6.04 Å². The number of carbonyl (C=O) groups is 3. The number of amides is 3. The topological polar surface area (TPSA) is 137 Å². The lowest BCUT2D eigenvalue weighted by Gasteiger charge is -2.13. The van der Waals surface area contributed by atoms with Crippen LogP contribution in [-0.4, -0.2) is 40.6 Å². The maximum atomic E-state index is 11.7. The smallest absolute Gasteiger partial charge is 0.326 e. The number of aliphatic carboxylic acids is 1. The minimum atomic E-state index is -1.33. The predicted octanol–water partition coefficient (Wildman–Crippen LogP) is 0.338. The van der Waals surface area contributed by atoms with Gasteiger partial charge in [-0.25, -0.2) is 9.59 Å². The standard InChI is InChI=1S/C15H18N4O4/c16-13(20)7-12(14(21)22)19-15(23)17-6-5-9-8-18-11-4-2-1-3-10(9)11/h1-4,8,12,18H,5-7H2,(H2,16,20)(H,21,22)(H2,17,19,23)/t12-/m0/s1. The van der Waals surface area contributed by atoms with Gasteiger partial charge in [0.25, 0.3) is 0 Å². The van der Waals surface area contributed by atoms with Gasteiger partial charge in [-0.05, 0) is 18.1 Å². The SMILES string of the molecule is NC(=O)C[C@H](NC(=O)NCCc1c[nH]c2ccccc12)C(=O)O.